The molecule has 0 aromatic heterocycles. The quantitative estimate of drug-likeness (QED) is 0.858. The van der Waals surface area contributed by atoms with Crippen molar-refractivity contribution in [3.8, 4) is 5.75 Å². The number of nitrogens with one attached hydrogen (secondary N) is 2. The maximum absolute atomic E-state index is 12.1. The van der Waals surface area contributed by atoms with Gasteiger partial charge in [-0.05, 0) is 31.0 Å². The van der Waals surface area contributed by atoms with E-state index in [1.807, 2.05) is 24.3 Å². The minimum Gasteiger partial charge on any atom is -0.497 e. The minimum absolute atomic E-state index is 0.0400. The molecule has 2 aliphatic rings. The summed E-state index contributed by atoms with van der Waals surface area (Å²) >= 11 is 0. The maximum Gasteiger partial charge on any atom is 0.238 e. The Kier molecular flexibility index (Phi) is 3.89. The summed E-state index contributed by atoms with van der Waals surface area (Å²) in [6.45, 7) is 3.60. The van der Waals surface area contributed by atoms with Crippen LogP contribution in [0.25, 0.3) is 0 Å². The van der Waals surface area contributed by atoms with Crippen LogP contribution in [-0.4, -0.2) is 50.1 Å². The van der Waals surface area contributed by atoms with Gasteiger partial charge < -0.3 is 15.4 Å². The van der Waals surface area contributed by atoms with E-state index in [-0.39, 0.29) is 5.91 Å². The molecule has 2 aliphatic heterocycles. The average Bonchev–Trinajstić information content (AvgIpc) is 2.99. The SMILES string of the molecule is COc1cccc(NC(=O)CN2C[C@@H]3CCN[C@@H]3C2)c1. The average molecular weight is 275 g/mol. The van der Waals surface area contributed by atoms with Crippen LogP contribution in [0, 0.1) is 5.92 Å². The van der Waals surface area contributed by atoms with Gasteiger partial charge in [0.1, 0.15) is 5.75 Å². The fourth-order valence-electron chi connectivity index (χ4n) is 3.17. The van der Waals surface area contributed by atoms with Gasteiger partial charge in [0.2, 0.25) is 5.91 Å². The molecule has 108 valence electrons. The van der Waals surface area contributed by atoms with Crippen molar-refractivity contribution in [1.29, 1.82) is 0 Å². The van der Waals surface area contributed by atoms with E-state index in [4.69, 9.17) is 4.74 Å². The number of hydrogen-bond acceptors (Lipinski definition) is 4. The zero-order chi connectivity index (χ0) is 13.9. The highest BCUT2D eigenvalue weighted by molar-refractivity contribution is 5.92. The van der Waals surface area contributed by atoms with Crippen molar-refractivity contribution in [2.75, 3.05) is 38.6 Å². The highest BCUT2D eigenvalue weighted by atomic mass is 16.5. The van der Waals surface area contributed by atoms with Gasteiger partial charge in [-0.15, -0.1) is 0 Å². The Bertz CT molecular complexity index is 480. The number of nitrogens with zero attached hydrogens (tertiary/aromatic N) is 1. The molecule has 2 heterocycles. The topological polar surface area (TPSA) is 53.6 Å². The van der Waals surface area contributed by atoms with Crippen LogP contribution >= 0.6 is 0 Å². The fourth-order valence-corrected chi connectivity index (χ4v) is 3.17. The molecule has 2 atom stereocenters. The third-order valence-electron chi connectivity index (χ3n) is 4.16. The van der Waals surface area contributed by atoms with Crippen LogP contribution in [0.1, 0.15) is 6.42 Å². The molecule has 1 aromatic carbocycles. The Morgan fingerprint density at radius 3 is 3.20 bits per heavy atom. The van der Waals surface area contributed by atoms with Crippen molar-refractivity contribution in [2.24, 2.45) is 5.92 Å². The van der Waals surface area contributed by atoms with Crippen LogP contribution in [0.5, 0.6) is 5.75 Å². The number of hydrogen-bond donors (Lipinski definition) is 2. The van der Waals surface area contributed by atoms with Gasteiger partial charge in [0.05, 0.1) is 13.7 Å². The van der Waals surface area contributed by atoms with Gasteiger partial charge in [-0.25, -0.2) is 0 Å². The van der Waals surface area contributed by atoms with E-state index in [0.29, 0.717) is 12.6 Å². The van der Waals surface area contributed by atoms with Crippen molar-refractivity contribution in [2.45, 2.75) is 12.5 Å². The zero-order valence-electron chi connectivity index (χ0n) is 11.8. The van der Waals surface area contributed by atoms with E-state index in [9.17, 15) is 4.79 Å². The first-order chi connectivity index (χ1) is 9.74. The van der Waals surface area contributed by atoms with E-state index in [2.05, 4.69) is 15.5 Å². The highest BCUT2D eigenvalue weighted by Crippen LogP contribution is 2.24. The third kappa shape index (κ3) is 2.94. The summed E-state index contributed by atoms with van der Waals surface area (Å²) in [6, 6.07) is 8.03. The number of ether oxygens (including phenoxy) is 1. The van der Waals surface area contributed by atoms with E-state index in [1.165, 1.54) is 6.42 Å². The molecule has 2 saturated heterocycles. The summed E-state index contributed by atoms with van der Waals surface area (Å²) in [5.74, 6) is 1.51. The largest absolute Gasteiger partial charge is 0.497 e. The molecule has 1 amide bonds. The minimum atomic E-state index is 0.0400. The number of likely N-dealkylation sites (tertiary alicyclic amines) is 1. The molecule has 20 heavy (non-hydrogen) atoms. The van der Waals surface area contributed by atoms with Gasteiger partial charge in [-0.3, -0.25) is 9.69 Å². The number of amides is 1. The number of fused-ring (bicyclic) bond motifs is 1. The number of methoxy groups -OCH3 is 1. The van der Waals surface area contributed by atoms with Crippen LogP contribution in [0.4, 0.5) is 5.69 Å². The lowest BCUT2D eigenvalue weighted by Crippen LogP contribution is -2.35. The predicted molar refractivity (Wildman–Crippen MR) is 78.0 cm³/mol. The molecular weight excluding hydrogens is 254 g/mol. The standard InChI is InChI=1S/C15H21N3O2/c1-20-13-4-2-3-12(7-13)17-15(19)10-18-8-11-5-6-16-14(11)9-18/h2-4,7,11,14,16H,5-6,8-10H2,1H3,(H,17,19)/t11-,14+/m0/s1. The number of carbonyl (C=O) groups is 1. The first-order valence-electron chi connectivity index (χ1n) is 7.14. The Hall–Kier alpha value is -1.59. The van der Waals surface area contributed by atoms with Crippen LogP contribution < -0.4 is 15.4 Å². The van der Waals surface area contributed by atoms with E-state index in [1.54, 1.807) is 7.11 Å². The summed E-state index contributed by atoms with van der Waals surface area (Å²) < 4.78 is 5.15. The van der Waals surface area contributed by atoms with Gasteiger partial charge in [0.25, 0.3) is 0 Å². The first-order valence-corrected chi connectivity index (χ1v) is 7.14. The lowest BCUT2D eigenvalue weighted by atomic mass is 10.1. The molecule has 0 aliphatic carbocycles. The van der Waals surface area contributed by atoms with Crippen LogP contribution in [-0.2, 0) is 4.79 Å². The van der Waals surface area contributed by atoms with Crippen LogP contribution in [0.15, 0.2) is 24.3 Å². The van der Waals surface area contributed by atoms with Crippen molar-refractivity contribution < 1.29 is 9.53 Å². The summed E-state index contributed by atoms with van der Waals surface area (Å²) in [6.07, 6.45) is 1.23. The van der Waals surface area contributed by atoms with Gasteiger partial charge >= 0.3 is 0 Å². The Labute approximate surface area is 119 Å². The summed E-state index contributed by atoms with van der Waals surface area (Å²) in [4.78, 5) is 14.3. The number of carbonyl (C=O) groups excluding carboxylic acids is 1. The molecular formula is C15H21N3O2. The molecule has 0 radical (unpaired) electrons. The van der Waals surface area contributed by atoms with Crippen LogP contribution in [0.3, 0.4) is 0 Å². The Balaban J connectivity index is 1.52. The lowest BCUT2D eigenvalue weighted by molar-refractivity contribution is -0.117. The van der Waals surface area contributed by atoms with Gasteiger partial charge in [-0.2, -0.15) is 0 Å². The first kappa shape index (κ1) is 13.4. The second-order valence-corrected chi connectivity index (χ2v) is 5.58. The summed E-state index contributed by atoms with van der Waals surface area (Å²) in [7, 11) is 1.62. The monoisotopic (exact) mass is 275 g/mol. The third-order valence-corrected chi connectivity index (χ3v) is 4.16. The molecule has 0 saturated carbocycles. The number of rotatable bonds is 4. The molecule has 2 fully saturated rings. The predicted octanol–water partition coefficient (Wildman–Crippen LogP) is 0.927. The van der Waals surface area contributed by atoms with Gasteiger partial charge in [-0.1, -0.05) is 6.07 Å². The van der Waals surface area contributed by atoms with E-state index >= 15 is 0 Å². The number of benzene rings is 1. The Morgan fingerprint density at radius 2 is 2.40 bits per heavy atom. The lowest BCUT2D eigenvalue weighted by Gasteiger charge is -2.16. The highest BCUT2D eigenvalue weighted by Gasteiger charge is 2.36. The normalized spacial score (nSPS) is 25.4. The Morgan fingerprint density at radius 1 is 1.50 bits per heavy atom. The maximum atomic E-state index is 12.1. The zero-order valence-corrected chi connectivity index (χ0v) is 11.8. The van der Waals surface area contributed by atoms with E-state index < -0.39 is 0 Å². The molecule has 5 heteroatoms. The smallest absolute Gasteiger partial charge is 0.238 e. The molecule has 1 aromatic rings. The molecule has 3 rings (SSSR count). The summed E-state index contributed by atoms with van der Waals surface area (Å²) in [5.41, 5.74) is 0.784. The summed E-state index contributed by atoms with van der Waals surface area (Å²) in [5, 5.41) is 6.42. The van der Waals surface area contributed by atoms with Crippen LogP contribution in [0.2, 0.25) is 0 Å². The molecule has 0 unspecified atom stereocenters. The second kappa shape index (κ2) is 5.81. The fraction of sp³-hybridized carbons (Fsp3) is 0.533. The molecule has 5 nitrogen and oxygen atoms in total. The van der Waals surface area contributed by atoms with Crippen molar-refractivity contribution in [3.05, 3.63) is 24.3 Å². The van der Waals surface area contributed by atoms with Crippen molar-refractivity contribution in [3.63, 3.8) is 0 Å². The molecule has 2 N–H and O–H groups in total. The van der Waals surface area contributed by atoms with Crippen molar-refractivity contribution in [1.82, 2.24) is 10.2 Å². The molecule has 0 spiro atoms. The van der Waals surface area contributed by atoms with E-state index in [0.717, 1.165) is 37.0 Å². The van der Waals surface area contributed by atoms with Gasteiger partial charge in [0, 0.05) is 30.9 Å². The second-order valence-electron chi connectivity index (χ2n) is 5.58. The van der Waals surface area contributed by atoms with Gasteiger partial charge in [0.15, 0.2) is 0 Å². The molecule has 0 bridgehead atoms. The van der Waals surface area contributed by atoms with Crippen molar-refractivity contribution >= 4 is 11.6 Å². The number of anilines is 1.